The number of rotatable bonds is 3. The molecular formula is C14H20FNO3S. The van der Waals surface area contributed by atoms with Gasteiger partial charge < -0.3 is 10.8 Å². The van der Waals surface area contributed by atoms with Gasteiger partial charge in [-0.3, -0.25) is 0 Å². The van der Waals surface area contributed by atoms with Gasteiger partial charge in [0.25, 0.3) is 0 Å². The lowest BCUT2D eigenvalue weighted by atomic mass is 9.82. The average Bonchev–Trinajstić information content (AvgIpc) is 2.40. The Hall–Kier alpha value is -1.14. The van der Waals surface area contributed by atoms with E-state index in [1.807, 2.05) is 0 Å². The minimum atomic E-state index is -3.11. The Balaban J connectivity index is 2.20. The lowest BCUT2D eigenvalue weighted by Crippen LogP contribution is -2.30. The molecule has 0 aromatic heterocycles. The quantitative estimate of drug-likeness (QED) is 0.837. The van der Waals surface area contributed by atoms with Crippen LogP contribution in [0.5, 0.6) is 0 Å². The van der Waals surface area contributed by atoms with Crippen molar-refractivity contribution in [3.05, 3.63) is 29.6 Å². The van der Waals surface area contributed by atoms with Crippen LogP contribution < -0.4 is 5.73 Å². The fourth-order valence-corrected chi connectivity index (χ4v) is 4.10. The number of anilines is 1. The highest BCUT2D eigenvalue weighted by molar-refractivity contribution is 7.91. The van der Waals surface area contributed by atoms with Gasteiger partial charge in [-0.2, -0.15) is 0 Å². The number of aliphatic hydroxyl groups is 1. The lowest BCUT2D eigenvalue weighted by Gasteiger charge is -2.31. The van der Waals surface area contributed by atoms with Gasteiger partial charge in [-0.1, -0.05) is 6.42 Å². The summed E-state index contributed by atoms with van der Waals surface area (Å²) < 4.78 is 36.6. The van der Waals surface area contributed by atoms with E-state index in [0.29, 0.717) is 24.1 Å². The van der Waals surface area contributed by atoms with E-state index in [0.717, 1.165) is 12.8 Å². The summed E-state index contributed by atoms with van der Waals surface area (Å²) in [7, 11) is -3.11. The highest BCUT2D eigenvalue weighted by Crippen LogP contribution is 2.38. The van der Waals surface area contributed by atoms with Crippen molar-refractivity contribution in [1.29, 1.82) is 0 Å². The summed E-state index contributed by atoms with van der Waals surface area (Å²) in [5, 5.41) is 9.97. The molecule has 3 N–H and O–H groups in total. The molecule has 0 amide bonds. The fourth-order valence-electron chi connectivity index (χ4n) is 2.91. The van der Waals surface area contributed by atoms with Crippen LogP contribution >= 0.6 is 0 Å². The molecule has 0 spiro atoms. The summed E-state index contributed by atoms with van der Waals surface area (Å²) >= 11 is 0. The van der Waals surface area contributed by atoms with Crippen LogP contribution in [0.4, 0.5) is 10.1 Å². The zero-order valence-electron chi connectivity index (χ0n) is 11.4. The molecule has 4 nitrogen and oxygen atoms in total. The smallest absolute Gasteiger partial charge is 0.150 e. The Bertz CT molecular complexity index is 588. The molecule has 1 aromatic carbocycles. The minimum absolute atomic E-state index is 0.201. The third kappa shape index (κ3) is 3.30. The first-order chi connectivity index (χ1) is 9.29. The Morgan fingerprint density at radius 2 is 2.10 bits per heavy atom. The average molecular weight is 301 g/mol. The molecule has 1 saturated carbocycles. The second-order valence-electron chi connectivity index (χ2n) is 5.60. The van der Waals surface area contributed by atoms with E-state index in [1.165, 1.54) is 24.5 Å². The number of hydrogen-bond donors (Lipinski definition) is 2. The molecule has 0 bridgehead atoms. The maximum atomic E-state index is 13.3. The molecular weight excluding hydrogens is 281 g/mol. The highest BCUT2D eigenvalue weighted by atomic mass is 32.2. The van der Waals surface area contributed by atoms with E-state index in [2.05, 4.69) is 0 Å². The van der Waals surface area contributed by atoms with Crippen molar-refractivity contribution < 1.29 is 17.9 Å². The zero-order valence-corrected chi connectivity index (χ0v) is 12.2. The van der Waals surface area contributed by atoms with Crippen LogP contribution in [0.15, 0.2) is 18.2 Å². The number of benzene rings is 1. The molecule has 1 fully saturated rings. The van der Waals surface area contributed by atoms with Gasteiger partial charge >= 0.3 is 0 Å². The third-order valence-corrected chi connectivity index (χ3v) is 5.73. The number of halogens is 1. The predicted octanol–water partition coefficient (Wildman–Crippen LogP) is 2.04. The van der Waals surface area contributed by atoms with Crippen LogP contribution in [0.25, 0.3) is 0 Å². The number of nitrogens with two attached hydrogens (primary N) is 1. The summed E-state index contributed by atoms with van der Waals surface area (Å²) in [4.78, 5) is 0. The van der Waals surface area contributed by atoms with Gasteiger partial charge in [0, 0.05) is 17.5 Å². The summed E-state index contributed by atoms with van der Waals surface area (Å²) in [5.41, 5.74) is 6.46. The molecule has 20 heavy (non-hydrogen) atoms. The standard InChI is InChI=1S/C14H20FNO3S/c1-20(18,19)11-4-2-3-9(7-11)14(17)12-8-10(15)5-6-13(12)16/h5-6,8-9,11,14,17H,2-4,7,16H2,1H3. The van der Waals surface area contributed by atoms with Crippen molar-refractivity contribution in [2.45, 2.75) is 37.0 Å². The summed E-state index contributed by atoms with van der Waals surface area (Å²) in [6, 6.07) is 3.89. The topological polar surface area (TPSA) is 80.4 Å². The third-order valence-electron chi connectivity index (χ3n) is 4.09. The van der Waals surface area contributed by atoms with Crippen molar-refractivity contribution in [3.63, 3.8) is 0 Å². The van der Waals surface area contributed by atoms with Crippen LogP contribution in [-0.2, 0) is 9.84 Å². The second-order valence-corrected chi connectivity index (χ2v) is 7.92. The molecule has 3 atom stereocenters. The first-order valence-corrected chi connectivity index (χ1v) is 8.66. The van der Waals surface area contributed by atoms with Crippen LogP contribution in [-0.4, -0.2) is 25.0 Å². The number of nitrogen functional groups attached to an aromatic ring is 1. The van der Waals surface area contributed by atoms with Gasteiger partial charge in [-0.15, -0.1) is 0 Å². The molecule has 1 aromatic rings. The van der Waals surface area contributed by atoms with Crippen LogP contribution in [0.2, 0.25) is 0 Å². The van der Waals surface area contributed by atoms with Crippen molar-refractivity contribution >= 4 is 15.5 Å². The number of aliphatic hydroxyl groups excluding tert-OH is 1. The van der Waals surface area contributed by atoms with E-state index in [9.17, 15) is 17.9 Å². The predicted molar refractivity (Wildman–Crippen MR) is 76.4 cm³/mol. The van der Waals surface area contributed by atoms with Crippen molar-refractivity contribution in [1.82, 2.24) is 0 Å². The monoisotopic (exact) mass is 301 g/mol. The molecule has 0 radical (unpaired) electrons. The summed E-state index contributed by atoms with van der Waals surface area (Å²) in [6.45, 7) is 0. The molecule has 112 valence electrons. The molecule has 1 aliphatic carbocycles. The van der Waals surface area contributed by atoms with Crippen LogP contribution in [0, 0.1) is 11.7 Å². The van der Waals surface area contributed by atoms with Crippen LogP contribution in [0.3, 0.4) is 0 Å². The van der Waals surface area contributed by atoms with Crippen LogP contribution in [0.1, 0.15) is 37.4 Å². The van der Waals surface area contributed by atoms with Gasteiger partial charge in [0.15, 0.2) is 0 Å². The van der Waals surface area contributed by atoms with Crippen molar-refractivity contribution in [3.8, 4) is 0 Å². The lowest BCUT2D eigenvalue weighted by molar-refractivity contribution is 0.0860. The van der Waals surface area contributed by atoms with E-state index >= 15 is 0 Å². The van der Waals surface area contributed by atoms with E-state index in [4.69, 9.17) is 5.73 Å². The van der Waals surface area contributed by atoms with Gasteiger partial charge in [0.2, 0.25) is 0 Å². The first-order valence-electron chi connectivity index (χ1n) is 6.71. The first kappa shape index (κ1) is 15.3. The summed E-state index contributed by atoms with van der Waals surface area (Å²) in [6.07, 6.45) is 2.80. The van der Waals surface area contributed by atoms with Gasteiger partial charge in [0.1, 0.15) is 15.7 Å². The molecule has 3 unspecified atom stereocenters. The molecule has 2 rings (SSSR count). The normalized spacial score (nSPS) is 25.4. The number of sulfone groups is 1. The molecule has 0 heterocycles. The van der Waals surface area contributed by atoms with Gasteiger partial charge in [-0.05, 0) is 43.4 Å². The second kappa shape index (κ2) is 5.69. The molecule has 0 saturated heterocycles. The minimum Gasteiger partial charge on any atom is -0.398 e. The highest BCUT2D eigenvalue weighted by Gasteiger charge is 2.33. The van der Waals surface area contributed by atoms with Crippen molar-refractivity contribution in [2.24, 2.45) is 5.92 Å². The summed E-state index contributed by atoms with van der Waals surface area (Å²) in [5.74, 6) is -0.656. The van der Waals surface area contributed by atoms with E-state index in [-0.39, 0.29) is 5.92 Å². The van der Waals surface area contributed by atoms with E-state index < -0.39 is 27.0 Å². The van der Waals surface area contributed by atoms with Gasteiger partial charge in [0.05, 0.1) is 11.4 Å². The number of hydrogen-bond acceptors (Lipinski definition) is 4. The Labute approximate surface area is 118 Å². The Kier molecular flexibility index (Phi) is 4.34. The van der Waals surface area contributed by atoms with Crippen molar-refractivity contribution in [2.75, 3.05) is 12.0 Å². The molecule has 0 aliphatic heterocycles. The fraction of sp³-hybridized carbons (Fsp3) is 0.571. The van der Waals surface area contributed by atoms with E-state index in [1.54, 1.807) is 0 Å². The maximum Gasteiger partial charge on any atom is 0.150 e. The van der Waals surface area contributed by atoms with Gasteiger partial charge in [-0.25, -0.2) is 12.8 Å². The Morgan fingerprint density at radius 1 is 1.40 bits per heavy atom. The molecule has 6 heteroatoms. The Morgan fingerprint density at radius 3 is 2.75 bits per heavy atom. The largest absolute Gasteiger partial charge is 0.398 e. The SMILES string of the molecule is CS(=O)(=O)C1CCCC(C(O)c2cc(F)ccc2N)C1. The molecule has 1 aliphatic rings. The zero-order chi connectivity index (χ0) is 14.9. The maximum absolute atomic E-state index is 13.3.